The van der Waals surface area contributed by atoms with Gasteiger partial charge in [0.15, 0.2) is 5.72 Å². The van der Waals surface area contributed by atoms with Gasteiger partial charge < -0.3 is 9.47 Å². The van der Waals surface area contributed by atoms with Crippen LogP contribution >= 0.6 is 0 Å². The van der Waals surface area contributed by atoms with Crippen LogP contribution in [0.1, 0.15) is 41.0 Å². The minimum Gasteiger partial charge on any atom is -0.444 e. The molecule has 5 heteroatoms. The van der Waals surface area contributed by atoms with Gasteiger partial charge >= 0.3 is 6.09 Å². The van der Waals surface area contributed by atoms with Crippen LogP contribution in [0, 0.1) is 11.8 Å². The van der Waals surface area contributed by atoms with Crippen molar-refractivity contribution in [3.05, 3.63) is 12.2 Å². The zero-order valence-electron chi connectivity index (χ0n) is 12.7. The number of hydrogen-bond acceptors (Lipinski definition) is 4. The van der Waals surface area contributed by atoms with Gasteiger partial charge in [-0.2, -0.15) is 0 Å². The number of alkyl carbamates (subject to hydrolysis) is 1. The summed E-state index contributed by atoms with van der Waals surface area (Å²) in [4.78, 5) is 24.4. The van der Waals surface area contributed by atoms with Crippen molar-refractivity contribution in [2.75, 3.05) is 0 Å². The molecule has 1 amide bonds. The van der Waals surface area contributed by atoms with Gasteiger partial charge in [-0.15, -0.1) is 0 Å². The van der Waals surface area contributed by atoms with Crippen LogP contribution < -0.4 is 5.32 Å². The Morgan fingerprint density at radius 2 is 2.15 bits per heavy atom. The third kappa shape index (κ3) is 2.59. The summed E-state index contributed by atoms with van der Waals surface area (Å²) in [5.41, 5.74) is -1.64. The zero-order chi connectivity index (χ0) is 15.1. The number of ether oxygens (including phenoxy) is 2. The van der Waals surface area contributed by atoms with E-state index in [2.05, 4.69) is 5.32 Å². The third-order valence-corrected chi connectivity index (χ3v) is 3.77. The first-order chi connectivity index (χ1) is 9.18. The molecule has 1 fully saturated rings. The monoisotopic (exact) mass is 281 g/mol. The van der Waals surface area contributed by atoms with E-state index >= 15 is 0 Å². The maximum Gasteiger partial charge on any atom is 0.410 e. The summed E-state index contributed by atoms with van der Waals surface area (Å²) < 4.78 is 11.2. The third-order valence-electron chi connectivity index (χ3n) is 3.77. The molecule has 2 aliphatic rings. The Morgan fingerprint density at radius 3 is 2.70 bits per heavy atom. The van der Waals surface area contributed by atoms with E-state index in [4.69, 9.17) is 9.47 Å². The van der Waals surface area contributed by atoms with E-state index < -0.39 is 17.4 Å². The fourth-order valence-electron chi connectivity index (χ4n) is 2.82. The molecule has 0 aliphatic carbocycles. The van der Waals surface area contributed by atoms with Gasteiger partial charge in [0.2, 0.25) is 0 Å². The minimum absolute atomic E-state index is 0.129. The molecule has 4 atom stereocenters. The molecular formula is C15H23NO4. The fraction of sp³-hybridized carbons (Fsp3) is 0.733. The van der Waals surface area contributed by atoms with E-state index in [0.29, 0.717) is 6.42 Å². The van der Waals surface area contributed by atoms with Crippen molar-refractivity contribution >= 4 is 11.9 Å². The summed E-state index contributed by atoms with van der Waals surface area (Å²) in [5.74, 6) is -0.419. The molecule has 112 valence electrons. The van der Waals surface area contributed by atoms with Crippen molar-refractivity contribution < 1.29 is 19.1 Å². The second-order valence-electron chi connectivity index (χ2n) is 6.51. The van der Waals surface area contributed by atoms with Gasteiger partial charge in [0.05, 0.1) is 12.0 Å². The quantitative estimate of drug-likeness (QED) is 0.789. The van der Waals surface area contributed by atoms with Gasteiger partial charge in [-0.05, 0) is 33.3 Å². The highest BCUT2D eigenvalue weighted by atomic mass is 16.6. The van der Waals surface area contributed by atoms with Crippen LogP contribution in [0.2, 0.25) is 0 Å². The highest BCUT2D eigenvalue weighted by Crippen LogP contribution is 2.41. The molecule has 0 aromatic carbocycles. The summed E-state index contributed by atoms with van der Waals surface area (Å²) in [5, 5.41) is 2.74. The van der Waals surface area contributed by atoms with Crippen LogP contribution in [-0.4, -0.2) is 29.3 Å². The van der Waals surface area contributed by atoms with E-state index in [1.807, 2.05) is 19.9 Å². The van der Waals surface area contributed by atoms with Crippen molar-refractivity contribution in [3.63, 3.8) is 0 Å². The topological polar surface area (TPSA) is 64.6 Å². The van der Waals surface area contributed by atoms with Crippen LogP contribution in [0.5, 0.6) is 0 Å². The number of ketones is 1. The van der Waals surface area contributed by atoms with Crippen LogP contribution in [0.4, 0.5) is 4.79 Å². The molecule has 0 saturated carbocycles. The van der Waals surface area contributed by atoms with Gasteiger partial charge in [0, 0.05) is 5.92 Å². The van der Waals surface area contributed by atoms with Crippen molar-refractivity contribution in [1.82, 2.24) is 5.32 Å². The number of Topliss-reactive ketones (excluding diaryl/α,β-unsaturated/α-hetero) is 1. The lowest BCUT2D eigenvalue weighted by molar-refractivity contribution is -0.166. The highest BCUT2D eigenvalue weighted by Gasteiger charge is 2.54. The Balaban J connectivity index is 2.19. The van der Waals surface area contributed by atoms with Gasteiger partial charge in [-0.1, -0.05) is 19.9 Å². The first kappa shape index (κ1) is 15.0. The van der Waals surface area contributed by atoms with Crippen molar-refractivity contribution in [1.29, 1.82) is 0 Å². The molecule has 1 N–H and O–H groups in total. The number of carbonyl (C=O) groups is 2. The molecule has 20 heavy (non-hydrogen) atoms. The average molecular weight is 281 g/mol. The van der Waals surface area contributed by atoms with Crippen LogP contribution in [-0.2, 0) is 14.3 Å². The lowest BCUT2D eigenvalue weighted by atomic mass is 9.81. The molecule has 0 unspecified atom stereocenters. The predicted molar refractivity (Wildman–Crippen MR) is 74.1 cm³/mol. The Labute approximate surface area is 119 Å². The summed E-state index contributed by atoms with van der Waals surface area (Å²) in [6, 6.07) is 0. The molecule has 0 radical (unpaired) electrons. The summed E-state index contributed by atoms with van der Waals surface area (Å²) >= 11 is 0. The summed E-state index contributed by atoms with van der Waals surface area (Å²) in [6.07, 6.45) is 3.42. The Kier molecular flexibility index (Phi) is 3.67. The molecule has 0 spiro atoms. The molecule has 2 aliphatic heterocycles. The first-order valence-electron chi connectivity index (χ1n) is 7.10. The molecule has 2 rings (SSSR count). The standard InChI is InChI=1S/C15H23NO4/c1-6-10-12(17)9(2)11-7-8-15(10,19-11)16-13(18)20-14(3,4)5/h7-11H,6H2,1-5H3,(H,16,18)/t9-,10+,11+,15-/m0/s1. The molecular weight excluding hydrogens is 258 g/mol. The normalized spacial score (nSPS) is 36.0. The van der Waals surface area contributed by atoms with Crippen molar-refractivity contribution in [2.45, 2.75) is 58.5 Å². The smallest absolute Gasteiger partial charge is 0.410 e. The Morgan fingerprint density at radius 1 is 1.50 bits per heavy atom. The second kappa shape index (κ2) is 4.88. The molecule has 0 aromatic rings. The highest BCUT2D eigenvalue weighted by molar-refractivity contribution is 5.87. The summed E-state index contributed by atoms with van der Waals surface area (Å²) in [6.45, 7) is 9.17. The molecule has 2 heterocycles. The molecule has 1 saturated heterocycles. The van der Waals surface area contributed by atoms with E-state index in [1.165, 1.54) is 0 Å². The number of hydrogen-bond donors (Lipinski definition) is 1. The zero-order valence-corrected chi connectivity index (χ0v) is 12.7. The van der Waals surface area contributed by atoms with E-state index in [-0.39, 0.29) is 23.7 Å². The fourth-order valence-corrected chi connectivity index (χ4v) is 2.82. The predicted octanol–water partition coefficient (Wildman–Crippen LogP) is 2.41. The largest absolute Gasteiger partial charge is 0.444 e. The average Bonchev–Trinajstić information content (AvgIpc) is 2.66. The molecule has 5 nitrogen and oxygen atoms in total. The minimum atomic E-state index is -1.05. The van der Waals surface area contributed by atoms with Crippen LogP contribution in [0.3, 0.4) is 0 Å². The SMILES string of the molecule is CC[C@@H]1C(=O)[C@@H](C)[C@H]2C=C[C@]1(NC(=O)OC(C)(C)C)O2. The molecule has 0 aromatic heterocycles. The van der Waals surface area contributed by atoms with Crippen molar-refractivity contribution in [2.24, 2.45) is 11.8 Å². The number of amides is 1. The van der Waals surface area contributed by atoms with Gasteiger partial charge in [0.1, 0.15) is 11.4 Å². The Bertz CT molecular complexity index is 451. The van der Waals surface area contributed by atoms with Gasteiger partial charge in [0.25, 0.3) is 0 Å². The number of nitrogens with one attached hydrogen (secondary N) is 1. The number of fused-ring (bicyclic) bond motifs is 2. The lowest BCUT2D eigenvalue weighted by Gasteiger charge is -2.42. The van der Waals surface area contributed by atoms with Crippen molar-refractivity contribution in [3.8, 4) is 0 Å². The van der Waals surface area contributed by atoms with E-state index in [1.54, 1.807) is 26.8 Å². The first-order valence-corrected chi connectivity index (χ1v) is 7.10. The number of rotatable bonds is 2. The van der Waals surface area contributed by atoms with E-state index in [9.17, 15) is 9.59 Å². The Hall–Kier alpha value is -1.36. The summed E-state index contributed by atoms with van der Waals surface area (Å²) in [7, 11) is 0. The van der Waals surface area contributed by atoms with Crippen LogP contribution in [0.25, 0.3) is 0 Å². The maximum absolute atomic E-state index is 12.4. The van der Waals surface area contributed by atoms with Gasteiger partial charge in [-0.25, -0.2) is 4.79 Å². The lowest BCUT2D eigenvalue weighted by Crippen LogP contribution is -2.61. The van der Waals surface area contributed by atoms with Gasteiger partial charge in [-0.3, -0.25) is 10.1 Å². The maximum atomic E-state index is 12.4. The second-order valence-corrected chi connectivity index (χ2v) is 6.51. The number of carbonyl (C=O) groups excluding carboxylic acids is 2. The molecule has 2 bridgehead atoms. The van der Waals surface area contributed by atoms with Crippen LogP contribution in [0.15, 0.2) is 12.2 Å². The van der Waals surface area contributed by atoms with E-state index in [0.717, 1.165) is 0 Å².